The lowest BCUT2D eigenvalue weighted by molar-refractivity contribution is 0.103. The van der Waals surface area contributed by atoms with E-state index in [-0.39, 0.29) is 28.5 Å². The summed E-state index contributed by atoms with van der Waals surface area (Å²) in [5.74, 6) is -0.248. The maximum absolute atomic E-state index is 12.6. The summed E-state index contributed by atoms with van der Waals surface area (Å²) in [4.78, 5) is 16.8. The average Bonchev–Trinajstić information content (AvgIpc) is 2.53. The first kappa shape index (κ1) is 13.9. The van der Waals surface area contributed by atoms with Gasteiger partial charge in [0, 0.05) is 11.6 Å². The van der Waals surface area contributed by atoms with Gasteiger partial charge >= 0.3 is 0 Å². The molecule has 2 aromatic carbocycles. The summed E-state index contributed by atoms with van der Waals surface area (Å²) in [5, 5.41) is 20.9. The number of benzene rings is 2. The number of fused-ring (bicyclic) bond motifs is 1. The highest BCUT2D eigenvalue weighted by Crippen LogP contribution is 2.33. The van der Waals surface area contributed by atoms with Crippen LogP contribution in [0, 0.1) is 0 Å². The molecule has 0 saturated heterocycles. The van der Waals surface area contributed by atoms with Crippen LogP contribution in [0.25, 0.3) is 10.8 Å². The molecule has 3 aromatic rings. The standard InChI is InChI=1S/C17H13NO4/c1-22-15-9-12-10(8-14(15)20)6-7-18-16(12)17(21)11-4-2-3-5-13(11)19/h2-9,19-20H,1H3. The van der Waals surface area contributed by atoms with Crippen molar-refractivity contribution in [2.24, 2.45) is 0 Å². The molecule has 0 fully saturated rings. The number of hydrogen-bond donors (Lipinski definition) is 2. The topological polar surface area (TPSA) is 79.7 Å². The maximum atomic E-state index is 12.6. The molecule has 0 unspecified atom stereocenters. The molecule has 3 rings (SSSR count). The molecule has 1 aromatic heterocycles. The minimum Gasteiger partial charge on any atom is -0.507 e. The smallest absolute Gasteiger partial charge is 0.215 e. The van der Waals surface area contributed by atoms with Crippen LogP contribution in [0.5, 0.6) is 17.2 Å². The lowest BCUT2D eigenvalue weighted by atomic mass is 10.0. The number of hydrogen-bond acceptors (Lipinski definition) is 5. The Bertz CT molecular complexity index is 874. The van der Waals surface area contributed by atoms with Gasteiger partial charge in [-0.3, -0.25) is 9.78 Å². The Kier molecular flexibility index (Phi) is 3.39. The largest absolute Gasteiger partial charge is 0.507 e. The van der Waals surface area contributed by atoms with E-state index in [0.29, 0.717) is 10.8 Å². The summed E-state index contributed by atoms with van der Waals surface area (Å²) in [6.07, 6.45) is 1.49. The van der Waals surface area contributed by atoms with Gasteiger partial charge in [-0.25, -0.2) is 0 Å². The number of carbonyl (C=O) groups excluding carboxylic acids is 1. The number of carbonyl (C=O) groups is 1. The molecule has 5 nitrogen and oxygen atoms in total. The Morgan fingerprint density at radius 3 is 2.59 bits per heavy atom. The molecule has 110 valence electrons. The van der Waals surface area contributed by atoms with Gasteiger partial charge in [-0.1, -0.05) is 12.1 Å². The van der Waals surface area contributed by atoms with E-state index >= 15 is 0 Å². The van der Waals surface area contributed by atoms with Crippen molar-refractivity contribution >= 4 is 16.6 Å². The third-order valence-electron chi connectivity index (χ3n) is 3.43. The molecule has 1 heterocycles. The Morgan fingerprint density at radius 2 is 1.86 bits per heavy atom. The van der Waals surface area contributed by atoms with E-state index in [1.807, 2.05) is 0 Å². The minimum atomic E-state index is -0.392. The van der Waals surface area contributed by atoms with Crippen LogP contribution in [0.3, 0.4) is 0 Å². The van der Waals surface area contributed by atoms with Crippen molar-refractivity contribution < 1.29 is 19.7 Å². The zero-order chi connectivity index (χ0) is 15.7. The van der Waals surface area contributed by atoms with Crippen molar-refractivity contribution in [2.75, 3.05) is 7.11 Å². The third kappa shape index (κ3) is 2.22. The number of para-hydroxylation sites is 1. The zero-order valence-corrected chi connectivity index (χ0v) is 11.8. The second-order valence-corrected chi connectivity index (χ2v) is 4.75. The minimum absolute atomic E-state index is 0.0119. The lowest BCUT2D eigenvalue weighted by Crippen LogP contribution is -2.05. The van der Waals surface area contributed by atoms with Gasteiger partial charge in [0.25, 0.3) is 0 Å². The van der Waals surface area contributed by atoms with Crippen LogP contribution in [0.4, 0.5) is 0 Å². The average molecular weight is 295 g/mol. The Morgan fingerprint density at radius 1 is 1.09 bits per heavy atom. The summed E-state index contributed by atoms with van der Waals surface area (Å²) in [5.41, 5.74) is 0.367. The van der Waals surface area contributed by atoms with Crippen LogP contribution in [0.2, 0.25) is 0 Å². The monoisotopic (exact) mass is 295 g/mol. The number of ether oxygens (including phenoxy) is 1. The molecule has 0 saturated carbocycles. The number of aromatic hydroxyl groups is 2. The summed E-state index contributed by atoms with van der Waals surface area (Å²) < 4.78 is 5.08. The number of ketones is 1. The first-order valence-electron chi connectivity index (χ1n) is 6.60. The van der Waals surface area contributed by atoms with Crippen LogP contribution in [-0.4, -0.2) is 28.1 Å². The molecule has 0 aliphatic heterocycles. The van der Waals surface area contributed by atoms with Gasteiger partial charge in [0.05, 0.1) is 12.7 Å². The van der Waals surface area contributed by atoms with Gasteiger partial charge in [-0.15, -0.1) is 0 Å². The molecule has 0 aliphatic carbocycles. The molecular weight excluding hydrogens is 282 g/mol. The molecule has 0 aliphatic rings. The van der Waals surface area contributed by atoms with Crippen molar-refractivity contribution in [3.05, 3.63) is 59.9 Å². The van der Waals surface area contributed by atoms with Gasteiger partial charge in [-0.2, -0.15) is 0 Å². The molecule has 2 N–H and O–H groups in total. The summed E-state index contributed by atoms with van der Waals surface area (Å²) in [6, 6.07) is 11.1. The molecule has 0 bridgehead atoms. The summed E-state index contributed by atoms with van der Waals surface area (Å²) >= 11 is 0. The molecule has 5 heteroatoms. The highest BCUT2D eigenvalue weighted by molar-refractivity contribution is 6.16. The quantitative estimate of drug-likeness (QED) is 0.726. The molecule has 0 radical (unpaired) electrons. The molecule has 0 spiro atoms. The second kappa shape index (κ2) is 5.37. The van der Waals surface area contributed by atoms with Crippen molar-refractivity contribution in [3.63, 3.8) is 0 Å². The van der Waals surface area contributed by atoms with Gasteiger partial charge in [0.2, 0.25) is 5.78 Å². The summed E-state index contributed by atoms with van der Waals surface area (Å²) in [6.45, 7) is 0. The van der Waals surface area contributed by atoms with Crippen LogP contribution in [0.1, 0.15) is 16.1 Å². The van der Waals surface area contributed by atoms with E-state index in [0.717, 1.165) is 0 Å². The lowest BCUT2D eigenvalue weighted by Gasteiger charge is -2.09. The van der Waals surface area contributed by atoms with Crippen LogP contribution in [-0.2, 0) is 0 Å². The van der Waals surface area contributed by atoms with Gasteiger partial charge in [0.1, 0.15) is 11.4 Å². The fourth-order valence-electron chi connectivity index (χ4n) is 2.33. The molecular formula is C17H13NO4. The van der Waals surface area contributed by atoms with Gasteiger partial charge in [0.15, 0.2) is 11.5 Å². The van der Waals surface area contributed by atoms with E-state index in [4.69, 9.17) is 4.74 Å². The van der Waals surface area contributed by atoms with Crippen molar-refractivity contribution in [1.82, 2.24) is 4.98 Å². The van der Waals surface area contributed by atoms with Gasteiger partial charge in [-0.05, 0) is 35.7 Å². The number of nitrogens with zero attached hydrogens (tertiary/aromatic N) is 1. The fraction of sp³-hybridized carbons (Fsp3) is 0.0588. The molecule has 0 atom stereocenters. The van der Waals surface area contributed by atoms with E-state index in [9.17, 15) is 15.0 Å². The van der Waals surface area contributed by atoms with E-state index in [2.05, 4.69) is 4.98 Å². The Hall–Kier alpha value is -3.08. The van der Waals surface area contributed by atoms with Crippen molar-refractivity contribution in [3.8, 4) is 17.2 Å². The van der Waals surface area contributed by atoms with E-state index < -0.39 is 5.78 Å². The predicted octanol–water partition coefficient (Wildman–Crippen LogP) is 2.89. The third-order valence-corrected chi connectivity index (χ3v) is 3.43. The zero-order valence-electron chi connectivity index (χ0n) is 11.8. The van der Waals surface area contributed by atoms with Crippen LogP contribution >= 0.6 is 0 Å². The number of pyridine rings is 1. The Balaban J connectivity index is 2.23. The first-order valence-corrected chi connectivity index (χ1v) is 6.60. The van der Waals surface area contributed by atoms with Crippen molar-refractivity contribution in [1.29, 1.82) is 0 Å². The number of phenols is 2. The normalized spacial score (nSPS) is 10.6. The van der Waals surface area contributed by atoms with Crippen LogP contribution < -0.4 is 4.74 Å². The highest BCUT2D eigenvalue weighted by Gasteiger charge is 2.18. The summed E-state index contributed by atoms with van der Waals surface area (Å²) in [7, 11) is 1.43. The number of rotatable bonds is 3. The number of phenolic OH excluding ortho intramolecular Hbond substituents is 2. The van der Waals surface area contributed by atoms with Crippen LogP contribution in [0.15, 0.2) is 48.7 Å². The molecule has 0 amide bonds. The SMILES string of the molecule is COc1cc2c(C(=O)c3ccccc3O)nccc2cc1O. The number of aromatic nitrogens is 1. The van der Waals surface area contributed by atoms with Crippen molar-refractivity contribution in [2.45, 2.75) is 0 Å². The highest BCUT2D eigenvalue weighted by atomic mass is 16.5. The molecule has 22 heavy (non-hydrogen) atoms. The predicted molar refractivity (Wildman–Crippen MR) is 81.5 cm³/mol. The Labute approximate surface area is 126 Å². The first-order chi connectivity index (χ1) is 10.6. The van der Waals surface area contributed by atoms with E-state index in [1.165, 1.54) is 31.5 Å². The van der Waals surface area contributed by atoms with E-state index in [1.54, 1.807) is 24.3 Å². The van der Waals surface area contributed by atoms with Gasteiger partial charge < -0.3 is 14.9 Å². The fourth-order valence-corrected chi connectivity index (χ4v) is 2.33. The maximum Gasteiger partial charge on any atom is 0.215 e. The number of methoxy groups -OCH3 is 1. The second-order valence-electron chi connectivity index (χ2n) is 4.75.